The summed E-state index contributed by atoms with van der Waals surface area (Å²) in [6, 6.07) is 5.88. The molecule has 26 heavy (non-hydrogen) atoms. The van der Waals surface area contributed by atoms with Crippen LogP contribution in [0.2, 0.25) is 0 Å². The smallest absolute Gasteiger partial charge is 0.259 e. The van der Waals surface area contributed by atoms with Crippen molar-refractivity contribution in [1.82, 2.24) is 9.78 Å². The zero-order valence-corrected chi connectivity index (χ0v) is 15.6. The molecule has 2 aromatic heterocycles. The van der Waals surface area contributed by atoms with E-state index in [1.807, 2.05) is 36.1 Å². The first kappa shape index (κ1) is 15.8. The van der Waals surface area contributed by atoms with Crippen LogP contribution in [0.4, 0.5) is 0 Å². The van der Waals surface area contributed by atoms with Gasteiger partial charge in [0.25, 0.3) is 5.91 Å². The van der Waals surface area contributed by atoms with Crippen molar-refractivity contribution in [1.29, 1.82) is 0 Å². The number of fused-ring (bicyclic) bond motifs is 4. The van der Waals surface area contributed by atoms with Crippen LogP contribution < -0.4 is 15.2 Å². The number of rotatable bonds is 3. The van der Waals surface area contributed by atoms with E-state index in [1.54, 1.807) is 11.8 Å². The Bertz CT molecular complexity index is 1050. The maximum atomic E-state index is 12.0. The molecule has 1 amide bonds. The number of nitrogens with zero attached hydrogens (tertiary/aromatic N) is 2. The summed E-state index contributed by atoms with van der Waals surface area (Å²) in [5.74, 6) is 1.14. The van der Waals surface area contributed by atoms with Crippen molar-refractivity contribution >= 4 is 29.0 Å². The second kappa shape index (κ2) is 5.78. The van der Waals surface area contributed by atoms with Crippen LogP contribution in [-0.2, 0) is 19.9 Å². The summed E-state index contributed by atoms with van der Waals surface area (Å²) in [5.41, 5.74) is 10.1. The van der Waals surface area contributed by atoms with E-state index in [2.05, 4.69) is 5.10 Å². The molecule has 0 unspecified atom stereocenters. The summed E-state index contributed by atoms with van der Waals surface area (Å²) in [7, 11) is 1.94. The highest BCUT2D eigenvalue weighted by molar-refractivity contribution is 8.01. The lowest BCUT2D eigenvalue weighted by molar-refractivity contribution is 0.100. The van der Waals surface area contributed by atoms with Gasteiger partial charge in [0.05, 0.1) is 21.0 Å². The molecule has 132 valence electrons. The molecule has 0 bridgehead atoms. The lowest BCUT2D eigenvalue weighted by atomic mass is 9.92. The Labute approximate surface area is 157 Å². The van der Waals surface area contributed by atoms with Crippen molar-refractivity contribution in [2.75, 3.05) is 6.79 Å². The van der Waals surface area contributed by atoms with Crippen LogP contribution >= 0.6 is 23.1 Å². The van der Waals surface area contributed by atoms with E-state index in [0.29, 0.717) is 4.88 Å². The first-order valence-corrected chi connectivity index (χ1v) is 9.79. The minimum Gasteiger partial charge on any atom is -0.454 e. The van der Waals surface area contributed by atoms with Crippen LogP contribution in [0, 0.1) is 0 Å². The van der Waals surface area contributed by atoms with Crippen LogP contribution in [0.5, 0.6) is 11.5 Å². The largest absolute Gasteiger partial charge is 0.454 e. The van der Waals surface area contributed by atoms with E-state index >= 15 is 0 Å². The van der Waals surface area contributed by atoms with Crippen molar-refractivity contribution in [3.05, 3.63) is 40.4 Å². The number of primary amides is 1. The third kappa shape index (κ3) is 2.33. The zero-order valence-electron chi connectivity index (χ0n) is 13.9. The van der Waals surface area contributed by atoms with Crippen LogP contribution in [0.25, 0.3) is 11.3 Å². The molecule has 0 spiro atoms. The summed E-state index contributed by atoms with van der Waals surface area (Å²) in [4.78, 5) is 13.7. The number of hydrogen-bond acceptors (Lipinski definition) is 6. The van der Waals surface area contributed by atoms with E-state index in [0.717, 1.165) is 50.3 Å². The lowest BCUT2D eigenvalue weighted by Gasteiger charge is -2.16. The van der Waals surface area contributed by atoms with Gasteiger partial charge in [-0.25, -0.2) is 0 Å². The molecular formula is C18H15N3O3S2. The summed E-state index contributed by atoms with van der Waals surface area (Å²) in [6.07, 6.45) is 3.60. The highest BCUT2D eigenvalue weighted by atomic mass is 32.2. The number of ether oxygens (including phenoxy) is 2. The molecule has 2 N–H and O–H groups in total. The van der Waals surface area contributed by atoms with E-state index in [4.69, 9.17) is 15.2 Å². The molecule has 8 heteroatoms. The molecule has 1 aliphatic carbocycles. The molecule has 0 atom stereocenters. The van der Waals surface area contributed by atoms with Gasteiger partial charge in [-0.05, 0) is 42.2 Å². The van der Waals surface area contributed by atoms with E-state index in [9.17, 15) is 4.79 Å². The van der Waals surface area contributed by atoms with Gasteiger partial charge >= 0.3 is 0 Å². The second-order valence-electron chi connectivity index (χ2n) is 6.20. The van der Waals surface area contributed by atoms with Gasteiger partial charge in [0, 0.05) is 17.5 Å². The SMILES string of the molecule is Cn1ncc2c1-c1c(Sc3ccc4c(c3)OCO4)sc(C(N)=O)c1CC2. The van der Waals surface area contributed by atoms with Gasteiger partial charge in [0.15, 0.2) is 11.5 Å². The molecule has 1 aliphatic heterocycles. The summed E-state index contributed by atoms with van der Waals surface area (Å²) in [6.45, 7) is 0.252. The normalized spacial score (nSPS) is 14.2. The van der Waals surface area contributed by atoms with Crippen molar-refractivity contribution in [3.63, 3.8) is 0 Å². The molecule has 0 radical (unpaired) electrons. The number of benzene rings is 1. The molecule has 0 fully saturated rings. The molecule has 0 saturated carbocycles. The Morgan fingerprint density at radius 2 is 2.15 bits per heavy atom. The lowest BCUT2D eigenvalue weighted by Crippen LogP contribution is -2.13. The van der Waals surface area contributed by atoms with Crippen molar-refractivity contribution in [3.8, 4) is 22.8 Å². The quantitative estimate of drug-likeness (QED) is 0.749. The Balaban J connectivity index is 1.64. The van der Waals surface area contributed by atoms with Crippen molar-refractivity contribution < 1.29 is 14.3 Å². The first-order valence-electron chi connectivity index (χ1n) is 8.16. The van der Waals surface area contributed by atoms with Crippen LogP contribution in [0.3, 0.4) is 0 Å². The van der Waals surface area contributed by atoms with E-state index < -0.39 is 0 Å². The number of aryl methyl sites for hydroxylation is 2. The van der Waals surface area contributed by atoms with Gasteiger partial charge in [-0.2, -0.15) is 5.10 Å². The average Bonchev–Trinajstić information content (AvgIpc) is 3.32. The Morgan fingerprint density at radius 3 is 3.00 bits per heavy atom. The maximum Gasteiger partial charge on any atom is 0.259 e. The number of thiophene rings is 1. The predicted octanol–water partition coefficient (Wildman–Crippen LogP) is 3.23. The molecule has 0 saturated heterocycles. The van der Waals surface area contributed by atoms with Gasteiger partial charge in [-0.15, -0.1) is 11.3 Å². The minimum absolute atomic E-state index is 0.252. The summed E-state index contributed by atoms with van der Waals surface area (Å²) >= 11 is 3.08. The Hall–Kier alpha value is -2.45. The predicted molar refractivity (Wildman–Crippen MR) is 99.1 cm³/mol. The van der Waals surface area contributed by atoms with Gasteiger partial charge in [0.2, 0.25) is 6.79 Å². The van der Waals surface area contributed by atoms with Crippen molar-refractivity contribution in [2.24, 2.45) is 12.8 Å². The molecule has 3 heterocycles. The maximum absolute atomic E-state index is 12.0. The number of hydrogen-bond donors (Lipinski definition) is 1. The number of carbonyl (C=O) groups is 1. The summed E-state index contributed by atoms with van der Waals surface area (Å²) < 4.78 is 13.8. The second-order valence-corrected chi connectivity index (χ2v) is 8.56. The highest BCUT2D eigenvalue weighted by Gasteiger charge is 2.30. The fourth-order valence-corrected chi connectivity index (χ4v) is 5.97. The Morgan fingerprint density at radius 1 is 1.31 bits per heavy atom. The fourth-order valence-electron chi connectivity index (χ4n) is 3.49. The molecule has 2 aliphatic rings. The first-order chi connectivity index (χ1) is 12.6. The standard InChI is InChI=1S/C18H15N3O3S2/c1-21-15-9(7-20-21)2-4-11-14(15)18(26-16(11)17(19)22)25-10-3-5-12-13(6-10)24-8-23-12/h3,5-7H,2,4,8H2,1H3,(H2,19,22). The van der Waals surface area contributed by atoms with Crippen LogP contribution in [0.1, 0.15) is 20.8 Å². The van der Waals surface area contributed by atoms with Gasteiger partial charge < -0.3 is 15.2 Å². The number of amides is 1. The molecule has 6 nitrogen and oxygen atoms in total. The Kier molecular flexibility index (Phi) is 3.51. The molecular weight excluding hydrogens is 370 g/mol. The van der Waals surface area contributed by atoms with Crippen LogP contribution in [-0.4, -0.2) is 22.5 Å². The van der Waals surface area contributed by atoms with Gasteiger partial charge in [-0.1, -0.05) is 11.8 Å². The molecule has 5 rings (SSSR count). The number of aromatic nitrogens is 2. The molecule has 1 aromatic carbocycles. The average molecular weight is 385 g/mol. The van der Waals surface area contributed by atoms with E-state index in [1.165, 1.54) is 16.9 Å². The van der Waals surface area contributed by atoms with Crippen LogP contribution in [0.15, 0.2) is 33.5 Å². The molecule has 3 aromatic rings. The third-order valence-electron chi connectivity index (χ3n) is 4.65. The fraction of sp³-hybridized carbons (Fsp3) is 0.222. The van der Waals surface area contributed by atoms with Crippen molar-refractivity contribution in [2.45, 2.75) is 21.9 Å². The topological polar surface area (TPSA) is 79.4 Å². The third-order valence-corrected chi connectivity index (χ3v) is 7.07. The minimum atomic E-state index is -0.366. The van der Waals surface area contributed by atoms with Gasteiger partial charge in [0.1, 0.15) is 0 Å². The monoisotopic (exact) mass is 385 g/mol. The number of nitrogens with two attached hydrogens (primary N) is 1. The zero-order chi connectivity index (χ0) is 17.8. The van der Waals surface area contributed by atoms with E-state index in [-0.39, 0.29) is 12.7 Å². The van der Waals surface area contributed by atoms with Gasteiger partial charge in [-0.3, -0.25) is 9.48 Å². The summed E-state index contributed by atoms with van der Waals surface area (Å²) in [5, 5.41) is 4.41. The highest BCUT2D eigenvalue weighted by Crippen LogP contribution is 2.49. The number of carbonyl (C=O) groups excluding carboxylic acids is 1.